The molecule has 0 amide bonds. The molecule has 1 saturated heterocycles. The molecule has 0 bridgehead atoms. The van der Waals surface area contributed by atoms with E-state index in [0.717, 1.165) is 18.4 Å². The fourth-order valence-electron chi connectivity index (χ4n) is 1.88. The van der Waals surface area contributed by atoms with E-state index in [1.165, 1.54) is 0 Å². The molecule has 76 valence electrons. The van der Waals surface area contributed by atoms with Gasteiger partial charge in [-0.2, -0.15) is 0 Å². The van der Waals surface area contributed by atoms with Crippen LogP contribution in [0.3, 0.4) is 0 Å². The SMILES string of the molecule is CCC1CC(c2ccccc2O)NN1. The van der Waals surface area contributed by atoms with Gasteiger partial charge in [0.15, 0.2) is 0 Å². The first-order chi connectivity index (χ1) is 6.81. The van der Waals surface area contributed by atoms with E-state index in [1.807, 2.05) is 18.2 Å². The Morgan fingerprint density at radius 3 is 2.79 bits per heavy atom. The van der Waals surface area contributed by atoms with Crippen LogP contribution in [0.2, 0.25) is 0 Å². The summed E-state index contributed by atoms with van der Waals surface area (Å²) in [5.41, 5.74) is 7.41. The zero-order chi connectivity index (χ0) is 9.97. The van der Waals surface area contributed by atoms with E-state index in [4.69, 9.17) is 0 Å². The minimum absolute atomic E-state index is 0.237. The van der Waals surface area contributed by atoms with Crippen LogP contribution in [0.25, 0.3) is 0 Å². The first-order valence-corrected chi connectivity index (χ1v) is 5.10. The van der Waals surface area contributed by atoms with Gasteiger partial charge >= 0.3 is 0 Å². The number of aromatic hydroxyl groups is 1. The van der Waals surface area contributed by atoms with Crippen molar-refractivity contribution in [2.24, 2.45) is 0 Å². The van der Waals surface area contributed by atoms with E-state index in [-0.39, 0.29) is 6.04 Å². The number of nitrogens with one attached hydrogen (secondary N) is 2. The molecule has 2 unspecified atom stereocenters. The molecule has 2 atom stereocenters. The number of phenols is 1. The lowest BCUT2D eigenvalue weighted by Crippen LogP contribution is -2.30. The van der Waals surface area contributed by atoms with Crippen molar-refractivity contribution in [1.29, 1.82) is 0 Å². The number of hydrogen-bond acceptors (Lipinski definition) is 3. The van der Waals surface area contributed by atoms with Crippen molar-refractivity contribution in [1.82, 2.24) is 10.9 Å². The fourth-order valence-corrected chi connectivity index (χ4v) is 1.88. The summed E-state index contributed by atoms with van der Waals surface area (Å²) in [5.74, 6) is 0.378. The van der Waals surface area contributed by atoms with E-state index in [2.05, 4.69) is 17.8 Å². The predicted molar refractivity (Wildman–Crippen MR) is 55.8 cm³/mol. The van der Waals surface area contributed by atoms with E-state index < -0.39 is 0 Å². The maximum Gasteiger partial charge on any atom is 0.120 e. The van der Waals surface area contributed by atoms with Gasteiger partial charge in [0.1, 0.15) is 5.75 Å². The van der Waals surface area contributed by atoms with Gasteiger partial charge in [0.25, 0.3) is 0 Å². The smallest absolute Gasteiger partial charge is 0.120 e. The maximum atomic E-state index is 9.66. The van der Waals surface area contributed by atoms with Gasteiger partial charge in [-0.3, -0.25) is 5.43 Å². The molecular formula is C11H16N2O. The summed E-state index contributed by atoms with van der Waals surface area (Å²) in [6.07, 6.45) is 2.14. The van der Waals surface area contributed by atoms with Gasteiger partial charge in [-0.15, -0.1) is 0 Å². The summed E-state index contributed by atoms with van der Waals surface area (Å²) in [6, 6.07) is 8.25. The number of phenolic OH excluding ortho intramolecular Hbond substituents is 1. The number of benzene rings is 1. The molecule has 1 aliphatic rings. The molecule has 0 saturated carbocycles. The zero-order valence-electron chi connectivity index (χ0n) is 8.33. The van der Waals surface area contributed by atoms with Crippen LogP contribution in [-0.4, -0.2) is 11.1 Å². The molecule has 3 heteroatoms. The van der Waals surface area contributed by atoms with Crippen molar-refractivity contribution in [3.05, 3.63) is 29.8 Å². The summed E-state index contributed by atoms with van der Waals surface area (Å²) in [4.78, 5) is 0. The molecule has 1 aliphatic heterocycles. The Hall–Kier alpha value is -1.06. The molecule has 3 nitrogen and oxygen atoms in total. The lowest BCUT2D eigenvalue weighted by atomic mass is 10.0. The lowest BCUT2D eigenvalue weighted by Gasteiger charge is -2.10. The van der Waals surface area contributed by atoms with E-state index in [9.17, 15) is 5.11 Å². The van der Waals surface area contributed by atoms with Crippen LogP contribution < -0.4 is 10.9 Å². The highest BCUT2D eigenvalue weighted by Crippen LogP contribution is 2.29. The van der Waals surface area contributed by atoms with E-state index >= 15 is 0 Å². The highest BCUT2D eigenvalue weighted by Gasteiger charge is 2.24. The molecule has 3 N–H and O–H groups in total. The van der Waals surface area contributed by atoms with E-state index in [1.54, 1.807) is 6.07 Å². The highest BCUT2D eigenvalue weighted by atomic mass is 16.3. The lowest BCUT2D eigenvalue weighted by molar-refractivity contribution is 0.453. The Bertz CT molecular complexity index is 314. The first kappa shape index (κ1) is 9.49. The number of para-hydroxylation sites is 1. The first-order valence-electron chi connectivity index (χ1n) is 5.10. The highest BCUT2D eigenvalue weighted by molar-refractivity contribution is 5.34. The van der Waals surface area contributed by atoms with Crippen molar-refractivity contribution >= 4 is 0 Å². The van der Waals surface area contributed by atoms with Gasteiger partial charge < -0.3 is 5.11 Å². The topological polar surface area (TPSA) is 44.3 Å². The average Bonchev–Trinajstić information content (AvgIpc) is 2.67. The normalized spacial score (nSPS) is 26.6. The Kier molecular flexibility index (Phi) is 2.70. The van der Waals surface area contributed by atoms with Crippen LogP contribution in [0, 0.1) is 0 Å². The molecule has 1 fully saturated rings. The molecule has 0 radical (unpaired) electrons. The second-order valence-corrected chi connectivity index (χ2v) is 3.74. The second kappa shape index (κ2) is 3.98. The van der Waals surface area contributed by atoms with Crippen LogP contribution >= 0.6 is 0 Å². The average molecular weight is 192 g/mol. The zero-order valence-corrected chi connectivity index (χ0v) is 8.33. The molecule has 0 spiro atoms. The van der Waals surface area contributed by atoms with Crippen molar-refractivity contribution in [3.63, 3.8) is 0 Å². The fraction of sp³-hybridized carbons (Fsp3) is 0.455. The summed E-state index contributed by atoms with van der Waals surface area (Å²) >= 11 is 0. The summed E-state index contributed by atoms with van der Waals surface area (Å²) in [6.45, 7) is 2.16. The van der Waals surface area contributed by atoms with Crippen molar-refractivity contribution in [2.45, 2.75) is 31.8 Å². The van der Waals surface area contributed by atoms with Crippen molar-refractivity contribution < 1.29 is 5.11 Å². The van der Waals surface area contributed by atoms with Crippen molar-refractivity contribution in [3.8, 4) is 5.75 Å². The number of hydrazine groups is 1. The predicted octanol–water partition coefficient (Wildman–Crippen LogP) is 1.71. The summed E-state index contributed by atoms with van der Waals surface area (Å²) in [7, 11) is 0. The number of rotatable bonds is 2. The second-order valence-electron chi connectivity index (χ2n) is 3.74. The third kappa shape index (κ3) is 1.74. The Morgan fingerprint density at radius 2 is 2.14 bits per heavy atom. The van der Waals surface area contributed by atoms with Gasteiger partial charge in [-0.25, -0.2) is 5.43 Å². The van der Waals surface area contributed by atoms with Gasteiger partial charge in [0, 0.05) is 11.6 Å². The summed E-state index contributed by atoms with van der Waals surface area (Å²) < 4.78 is 0. The van der Waals surface area contributed by atoms with Gasteiger partial charge in [0.2, 0.25) is 0 Å². The molecule has 1 aromatic rings. The molecule has 2 rings (SSSR count). The van der Waals surface area contributed by atoms with Crippen molar-refractivity contribution in [2.75, 3.05) is 0 Å². The Labute approximate surface area is 84.1 Å². The summed E-state index contributed by atoms with van der Waals surface area (Å²) in [5, 5.41) is 9.66. The molecule has 1 aromatic carbocycles. The molecule has 14 heavy (non-hydrogen) atoms. The van der Waals surface area contributed by atoms with Gasteiger partial charge in [-0.1, -0.05) is 25.1 Å². The maximum absolute atomic E-state index is 9.66. The quantitative estimate of drug-likeness (QED) is 0.668. The molecule has 0 aromatic heterocycles. The van der Waals surface area contributed by atoms with E-state index in [0.29, 0.717) is 11.8 Å². The Balaban J connectivity index is 2.13. The molecule has 1 heterocycles. The van der Waals surface area contributed by atoms with Crippen LogP contribution in [0.15, 0.2) is 24.3 Å². The third-order valence-electron chi connectivity index (χ3n) is 2.79. The molecule has 0 aliphatic carbocycles. The monoisotopic (exact) mass is 192 g/mol. The van der Waals surface area contributed by atoms with Crippen LogP contribution in [-0.2, 0) is 0 Å². The van der Waals surface area contributed by atoms with Gasteiger partial charge in [-0.05, 0) is 18.9 Å². The van der Waals surface area contributed by atoms with Crippen LogP contribution in [0.1, 0.15) is 31.4 Å². The molecular weight excluding hydrogens is 176 g/mol. The third-order valence-corrected chi connectivity index (χ3v) is 2.79. The minimum Gasteiger partial charge on any atom is -0.508 e. The minimum atomic E-state index is 0.237. The van der Waals surface area contributed by atoms with Crippen LogP contribution in [0.5, 0.6) is 5.75 Å². The Morgan fingerprint density at radius 1 is 1.36 bits per heavy atom. The van der Waals surface area contributed by atoms with Gasteiger partial charge in [0.05, 0.1) is 6.04 Å². The standard InChI is InChI=1S/C11H16N2O/c1-2-8-7-10(13-12-8)9-5-3-4-6-11(9)14/h3-6,8,10,12-14H,2,7H2,1H3. The largest absolute Gasteiger partial charge is 0.508 e. The van der Waals surface area contributed by atoms with Crippen LogP contribution in [0.4, 0.5) is 0 Å². The number of hydrogen-bond donors (Lipinski definition) is 3.